The van der Waals surface area contributed by atoms with E-state index < -0.39 is 0 Å². The highest BCUT2D eigenvalue weighted by molar-refractivity contribution is 5.83. The molecule has 1 aliphatic carbocycles. The number of rotatable bonds is 5. The number of hydrogen-bond acceptors (Lipinski definition) is 2. The molecule has 104 valence electrons. The Morgan fingerprint density at radius 1 is 1.33 bits per heavy atom. The number of nitrogens with zero attached hydrogens (tertiary/aromatic N) is 1. The zero-order valence-corrected chi connectivity index (χ0v) is 12.1. The first-order valence-electron chi connectivity index (χ1n) is 7.66. The normalized spacial score (nSPS) is 29.8. The highest BCUT2D eigenvalue weighted by Crippen LogP contribution is 2.29. The molecule has 3 nitrogen and oxygen atoms in total. The highest BCUT2D eigenvalue weighted by Gasteiger charge is 2.37. The van der Waals surface area contributed by atoms with Gasteiger partial charge in [0.05, 0.1) is 12.2 Å². The Labute approximate surface area is 111 Å². The smallest absolute Gasteiger partial charge is 0.240 e. The quantitative estimate of drug-likeness (QED) is 0.816. The number of nitrogens with one attached hydrogen (secondary N) is 1. The SMILES string of the molecule is CC1NC(C(C)C)N(CCCC2CCCC2)C1=O. The number of amides is 1. The second-order valence-corrected chi connectivity index (χ2v) is 6.40. The Kier molecular flexibility index (Phi) is 4.66. The van der Waals surface area contributed by atoms with Crippen LogP contribution in [-0.2, 0) is 4.79 Å². The Hall–Kier alpha value is -0.570. The lowest BCUT2D eigenvalue weighted by molar-refractivity contribution is -0.130. The van der Waals surface area contributed by atoms with Crippen molar-refractivity contribution in [2.45, 2.75) is 71.5 Å². The molecular weight excluding hydrogens is 224 g/mol. The second-order valence-electron chi connectivity index (χ2n) is 6.40. The fraction of sp³-hybridized carbons (Fsp3) is 0.933. The maximum Gasteiger partial charge on any atom is 0.240 e. The van der Waals surface area contributed by atoms with Gasteiger partial charge in [-0.2, -0.15) is 0 Å². The van der Waals surface area contributed by atoms with Crippen LogP contribution in [0, 0.1) is 11.8 Å². The van der Waals surface area contributed by atoms with Gasteiger partial charge in [-0.15, -0.1) is 0 Å². The van der Waals surface area contributed by atoms with Crippen molar-refractivity contribution in [2.24, 2.45) is 11.8 Å². The van der Waals surface area contributed by atoms with Gasteiger partial charge in [0.15, 0.2) is 0 Å². The van der Waals surface area contributed by atoms with Gasteiger partial charge in [-0.3, -0.25) is 10.1 Å². The molecular formula is C15H28N2O. The minimum Gasteiger partial charge on any atom is -0.326 e. The van der Waals surface area contributed by atoms with E-state index in [1.807, 2.05) is 6.92 Å². The minimum absolute atomic E-state index is 0.00359. The van der Waals surface area contributed by atoms with Crippen LogP contribution in [0.3, 0.4) is 0 Å². The van der Waals surface area contributed by atoms with Crippen molar-refractivity contribution in [3.8, 4) is 0 Å². The van der Waals surface area contributed by atoms with E-state index in [4.69, 9.17) is 0 Å². The second kappa shape index (κ2) is 6.05. The van der Waals surface area contributed by atoms with Crippen molar-refractivity contribution in [1.29, 1.82) is 0 Å². The van der Waals surface area contributed by atoms with E-state index in [1.54, 1.807) is 0 Å². The van der Waals surface area contributed by atoms with E-state index in [0.29, 0.717) is 11.8 Å². The van der Waals surface area contributed by atoms with Crippen molar-refractivity contribution >= 4 is 5.91 Å². The zero-order chi connectivity index (χ0) is 13.1. The third-order valence-electron chi connectivity index (χ3n) is 4.53. The van der Waals surface area contributed by atoms with Gasteiger partial charge in [0.1, 0.15) is 0 Å². The highest BCUT2D eigenvalue weighted by atomic mass is 16.2. The number of carbonyl (C=O) groups is 1. The van der Waals surface area contributed by atoms with Gasteiger partial charge in [-0.1, -0.05) is 39.5 Å². The lowest BCUT2D eigenvalue weighted by Gasteiger charge is -2.27. The predicted molar refractivity (Wildman–Crippen MR) is 74.1 cm³/mol. The van der Waals surface area contributed by atoms with Gasteiger partial charge in [0.2, 0.25) is 5.91 Å². The first-order chi connectivity index (χ1) is 8.59. The molecule has 2 aliphatic rings. The van der Waals surface area contributed by atoms with E-state index in [0.717, 1.165) is 12.5 Å². The van der Waals surface area contributed by atoms with Crippen LogP contribution in [0.1, 0.15) is 59.3 Å². The average Bonchev–Trinajstić information content (AvgIpc) is 2.92. The van der Waals surface area contributed by atoms with Crippen LogP contribution in [-0.4, -0.2) is 29.6 Å². The molecule has 1 N–H and O–H groups in total. The molecule has 2 atom stereocenters. The summed E-state index contributed by atoms with van der Waals surface area (Å²) < 4.78 is 0. The molecule has 2 unspecified atom stereocenters. The summed E-state index contributed by atoms with van der Waals surface area (Å²) in [5, 5.41) is 3.41. The van der Waals surface area contributed by atoms with Crippen molar-refractivity contribution in [1.82, 2.24) is 10.2 Å². The summed E-state index contributed by atoms with van der Waals surface area (Å²) in [6, 6.07) is 0.00359. The standard InChI is InChI=1S/C15H28N2O/c1-11(2)14-16-12(3)15(18)17(14)10-6-9-13-7-4-5-8-13/h11-14,16H,4-10H2,1-3H3. The predicted octanol–water partition coefficient (Wildman–Crippen LogP) is 2.76. The molecule has 2 rings (SSSR count). The molecule has 3 heteroatoms. The molecule has 1 amide bonds. The van der Waals surface area contributed by atoms with Gasteiger partial charge >= 0.3 is 0 Å². The molecule has 18 heavy (non-hydrogen) atoms. The Morgan fingerprint density at radius 2 is 2.00 bits per heavy atom. The molecule has 1 aliphatic heterocycles. The van der Waals surface area contributed by atoms with Crippen LogP contribution in [0.5, 0.6) is 0 Å². The van der Waals surface area contributed by atoms with Crippen molar-refractivity contribution in [3.63, 3.8) is 0 Å². The van der Waals surface area contributed by atoms with Gasteiger partial charge in [0.25, 0.3) is 0 Å². The molecule has 0 aromatic rings. The number of carbonyl (C=O) groups excluding carboxylic acids is 1. The van der Waals surface area contributed by atoms with Crippen LogP contribution >= 0.6 is 0 Å². The molecule has 1 saturated heterocycles. The van der Waals surface area contributed by atoms with Gasteiger partial charge in [-0.25, -0.2) is 0 Å². The molecule has 2 fully saturated rings. The minimum atomic E-state index is 0.00359. The van der Waals surface area contributed by atoms with Crippen LogP contribution in [0.4, 0.5) is 0 Å². The van der Waals surface area contributed by atoms with E-state index in [9.17, 15) is 4.79 Å². The lowest BCUT2D eigenvalue weighted by atomic mass is 10.0. The van der Waals surface area contributed by atoms with Crippen LogP contribution < -0.4 is 5.32 Å². The summed E-state index contributed by atoms with van der Waals surface area (Å²) in [6.45, 7) is 7.30. The molecule has 0 aromatic heterocycles. The third kappa shape index (κ3) is 3.05. The molecule has 1 saturated carbocycles. The Bertz CT molecular complexity index is 284. The summed E-state index contributed by atoms with van der Waals surface area (Å²) in [4.78, 5) is 14.2. The lowest BCUT2D eigenvalue weighted by Crippen LogP contribution is -2.42. The first kappa shape index (κ1) is 13.9. The van der Waals surface area contributed by atoms with Crippen molar-refractivity contribution in [3.05, 3.63) is 0 Å². The summed E-state index contributed by atoms with van der Waals surface area (Å²) in [7, 11) is 0. The largest absolute Gasteiger partial charge is 0.326 e. The summed E-state index contributed by atoms with van der Waals surface area (Å²) in [5.74, 6) is 1.72. The van der Waals surface area contributed by atoms with Gasteiger partial charge < -0.3 is 4.90 Å². The average molecular weight is 252 g/mol. The van der Waals surface area contributed by atoms with E-state index in [2.05, 4.69) is 24.1 Å². The van der Waals surface area contributed by atoms with Gasteiger partial charge in [-0.05, 0) is 31.6 Å². The van der Waals surface area contributed by atoms with E-state index in [1.165, 1.54) is 38.5 Å². The fourth-order valence-electron chi connectivity index (χ4n) is 3.45. The first-order valence-corrected chi connectivity index (χ1v) is 7.66. The van der Waals surface area contributed by atoms with E-state index in [-0.39, 0.29) is 12.2 Å². The molecule has 0 radical (unpaired) electrons. The van der Waals surface area contributed by atoms with Crippen LogP contribution in [0.15, 0.2) is 0 Å². The third-order valence-corrected chi connectivity index (χ3v) is 4.53. The summed E-state index contributed by atoms with van der Waals surface area (Å²) in [6.07, 6.45) is 8.39. The molecule has 1 heterocycles. The molecule has 0 aromatic carbocycles. The molecule has 0 spiro atoms. The van der Waals surface area contributed by atoms with Gasteiger partial charge in [0, 0.05) is 6.54 Å². The summed E-state index contributed by atoms with van der Waals surface area (Å²) in [5.41, 5.74) is 0. The zero-order valence-electron chi connectivity index (χ0n) is 12.1. The Balaban J connectivity index is 1.80. The van der Waals surface area contributed by atoms with E-state index >= 15 is 0 Å². The van der Waals surface area contributed by atoms with Crippen molar-refractivity contribution in [2.75, 3.05) is 6.54 Å². The number of hydrogen-bond donors (Lipinski definition) is 1. The monoisotopic (exact) mass is 252 g/mol. The maximum absolute atomic E-state index is 12.1. The molecule has 0 bridgehead atoms. The maximum atomic E-state index is 12.1. The van der Waals surface area contributed by atoms with Crippen LogP contribution in [0.25, 0.3) is 0 Å². The topological polar surface area (TPSA) is 32.3 Å². The summed E-state index contributed by atoms with van der Waals surface area (Å²) >= 11 is 0. The van der Waals surface area contributed by atoms with Crippen molar-refractivity contribution < 1.29 is 4.79 Å². The Morgan fingerprint density at radius 3 is 2.61 bits per heavy atom. The fourth-order valence-corrected chi connectivity index (χ4v) is 3.45. The van der Waals surface area contributed by atoms with Crippen LogP contribution in [0.2, 0.25) is 0 Å².